The third-order valence-corrected chi connectivity index (χ3v) is 5.59. The summed E-state index contributed by atoms with van der Waals surface area (Å²) < 4.78 is 3.19. The third kappa shape index (κ3) is 3.79. The summed E-state index contributed by atoms with van der Waals surface area (Å²) in [5, 5.41) is 17.6. The first kappa shape index (κ1) is 20.7. The first-order chi connectivity index (χ1) is 16.0. The van der Waals surface area contributed by atoms with Crippen molar-refractivity contribution in [1.82, 2.24) is 39.5 Å². The molecule has 5 rings (SSSR count). The minimum atomic E-state index is -0.990. The Labute approximate surface area is 188 Å². The predicted octanol–water partition coefficient (Wildman–Crippen LogP) is 1.10. The van der Waals surface area contributed by atoms with Crippen LogP contribution in [0.4, 0.5) is 10.7 Å². The number of nitrogens with zero attached hydrogens (tertiary/aromatic N) is 8. The van der Waals surface area contributed by atoms with E-state index >= 15 is 0 Å². The standard InChI is InChI=1S/C21H23N9O3/c1-2-22-21(33)28-9-7-27(8-10-28)20-25-18-17(23-13-29(18)12-16(31)32)19(26-20)30-15-6-4-3-5-14(15)11-24-30/h3-6,11,13H,2,7-10,12H2,1H3,(H,22,33)(H,31,32). The van der Waals surface area contributed by atoms with Gasteiger partial charge in [0.15, 0.2) is 17.0 Å². The lowest BCUT2D eigenvalue weighted by molar-refractivity contribution is -0.137. The van der Waals surface area contributed by atoms with Crippen LogP contribution in [0.3, 0.4) is 0 Å². The molecule has 170 valence electrons. The molecule has 4 heterocycles. The number of rotatable bonds is 5. The molecule has 2 N–H and O–H groups in total. The Bertz CT molecular complexity index is 1340. The second-order valence-electron chi connectivity index (χ2n) is 7.71. The number of carbonyl (C=O) groups excluding carboxylic acids is 1. The van der Waals surface area contributed by atoms with Crippen molar-refractivity contribution in [2.24, 2.45) is 0 Å². The first-order valence-corrected chi connectivity index (χ1v) is 10.7. The molecule has 0 spiro atoms. The van der Waals surface area contributed by atoms with E-state index in [1.165, 1.54) is 10.9 Å². The van der Waals surface area contributed by atoms with E-state index in [1.807, 2.05) is 36.1 Å². The number of nitrogens with one attached hydrogen (secondary N) is 1. The zero-order chi connectivity index (χ0) is 22.9. The highest BCUT2D eigenvalue weighted by atomic mass is 16.4. The number of amides is 2. The van der Waals surface area contributed by atoms with Crippen LogP contribution in [0.5, 0.6) is 0 Å². The molecule has 1 aromatic carbocycles. The topological polar surface area (TPSA) is 134 Å². The van der Waals surface area contributed by atoms with Crippen molar-refractivity contribution in [2.45, 2.75) is 13.5 Å². The highest BCUT2D eigenvalue weighted by molar-refractivity contribution is 5.86. The molecule has 1 saturated heterocycles. The van der Waals surface area contributed by atoms with Gasteiger partial charge in [0.05, 0.1) is 18.0 Å². The number of carboxylic acids is 1. The summed E-state index contributed by atoms with van der Waals surface area (Å²) in [6, 6.07) is 7.67. The average molecular weight is 449 g/mol. The molecule has 1 fully saturated rings. The van der Waals surface area contributed by atoms with E-state index in [0.717, 1.165) is 10.9 Å². The molecule has 0 radical (unpaired) electrons. The Morgan fingerprint density at radius 3 is 2.67 bits per heavy atom. The van der Waals surface area contributed by atoms with Crippen LogP contribution in [-0.4, -0.2) is 84.0 Å². The minimum absolute atomic E-state index is 0.0863. The quantitative estimate of drug-likeness (QED) is 0.463. The lowest BCUT2D eigenvalue weighted by Crippen LogP contribution is -2.52. The fraction of sp³-hybridized carbons (Fsp3) is 0.333. The molecule has 0 bridgehead atoms. The summed E-state index contributed by atoms with van der Waals surface area (Å²) in [6.45, 7) is 4.36. The highest BCUT2D eigenvalue weighted by Gasteiger charge is 2.25. The number of fused-ring (bicyclic) bond motifs is 2. The van der Waals surface area contributed by atoms with Gasteiger partial charge in [-0.25, -0.2) is 14.5 Å². The molecule has 12 nitrogen and oxygen atoms in total. The van der Waals surface area contributed by atoms with Gasteiger partial charge >= 0.3 is 12.0 Å². The molecule has 33 heavy (non-hydrogen) atoms. The smallest absolute Gasteiger partial charge is 0.323 e. The fourth-order valence-electron chi connectivity index (χ4n) is 3.98. The van der Waals surface area contributed by atoms with Crippen molar-refractivity contribution in [3.63, 3.8) is 0 Å². The summed E-state index contributed by atoms with van der Waals surface area (Å²) in [5.41, 5.74) is 1.75. The van der Waals surface area contributed by atoms with E-state index in [1.54, 1.807) is 15.8 Å². The Kier molecular flexibility index (Phi) is 5.24. The minimum Gasteiger partial charge on any atom is -0.480 e. The van der Waals surface area contributed by atoms with E-state index in [4.69, 9.17) is 4.98 Å². The van der Waals surface area contributed by atoms with Crippen LogP contribution in [0.2, 0.25) is 0 Å². The normalized spacial score (nSPS) is 14.2. The summed E-state index contributed by atoms with van der Waals surface area (Å²) in [5.74, 6) is -0.0673. The molecule has 2 amide bonds. The molecule has 1 aliphatic heterocycles. The second-order valence-corrected chi connectivity index (χ2v) is 7.71. The molecule has 0 unspecified atom stereocenters. The number of imidazole rings is 1. The molecular weight excluding hydrogens is 426 g/mol. The maximum Gasteiger partial charge on any atom is 0.323 e. The van der Waals surface area contributed by atoms with Crippen LogP contribution in [0, 0.1) is 0 Å². The van der Waals surface area contributed by atoms with Crippen LogP contribution >= 0.6 is 0 Å². The lowest BCUT2D eigenvalue weighted by atomic mass is 10.2. The summed E-state index contributed by atoms with van der Waals surface area (Å²) in [6.07, 6.45) is 3.21. The van der Waals surface area contributed by atoms with Gasteiger partial charge in [0.1, 0.15) is 6.54 Å². The number of benzene rings is 1. The van der Waals surface area contributed by atoms with Gasteiger partial charge in [0, 0.05) is 38.1 Å². The molecule has 12 heteroatoms. The number of urea groups is 1. The van der Waals surface area contributed by atoms with Gasteiger partial charge < -0.3 is 24.8 Å². The predicted molar refractivity (Wildman–Crippen MR) is 120 cm³/mol. The van der Waals surface area contributed by atoms with Gasteiger partial charge in [0.2, 0.25) is 5.95 Å². The Morgan fingerprint density at radius 2 is 1.91 bits per heavy atom. The SMILES string of the molecule is CCNC(=O)N1CCN(c2nc(-n3ncc4ccccc43)c3ncn(CC(=O)O)c3n2)CC1. The van der Waals surface area contributed by atoms with Crippen molar-refractivity contribution >= 4 is 40.0 Å². The van der Waals surface area contributed by atoms with Crippen LogP contribution < -0.4 is 10.2 Å². The van der Waals surface area contributed by atoms with E-state index in [9.17, 15) is 14.7 Å². The number of para-hydroxylation sites is 1. The number of carbonyl (C=O) groups is 2. The summed E-state index contributed by atoms with van der Waals surface area (Å²) >= 11 is 0. The third-order valence-electron chi connectivity index (χ3n) is 5.59. The fourth-order valence-corrected chi connectivity index (χ4v) is 3.98. The van der Waals surface area contributed by atoms with E-state index < -0.39 is 5.97 Å². The molecule has 0 atom stereocenters. The number of piperazine rings is 1. The van der Waals surface area contributed by atoms with Crippen molar-refractivity contribution < 1.29 is 14.7 Å². The number of hydrogen-bond acceptors (Lipinski definition) is 7. The Morgan fingerprint density at radius 1 is 1.12 bits per heavy atom. The Hall–Kier alpha value is -4.22. The molecule has 0 saturated carbocycles. The van der Waals surface area contributed by atoms with Crippen molar-refractivity contribution in [3.8, 4) is 5.82 Å². The van der Waals surface area contributed by atoms with Crippen molar-refractivity contribution in [1.29, 1.82) is 0 Å². The van der Waals surface area contributed by atoms with Crippen LogP contribution in [0.15, 0.2) is 36.8 Å². The van der Waals surface area contributed by atoms with E-state index in [0.29, 0.717) is 55.7 Å². The average Bonchev–Trinajstić information content (AvgIpc) is 3.43. The van der Waals surface area contributed by atoms with E-state index in [-0.39, 0.29) is 12.6 Å². The summed E-state index contributed by atoms with van der Waals surface area (Å²) in [7, 11) is 0. The van der Waals surface area contributed by atoms with Crippen LogP contribution in [0.1, 0.15) is 6.92 Å². The van der Waals surface area contributed by atoms with Gasteiger partial charge in [-0.05, 0) is 13.0 Å². The Balaban J connectivity index is 1.57. The van der Waals surface area contributed by atoms with Crippen molar-refractivity contribution in [2.75, 3.05) is 37.6 Å². The molecule has 3 aromatic heterocycles. The highest BCUT2D eigenvalue weighted by Crippen LogP contribution is 2.25. The number of hydrogen-bond donors (Lipinski definition) is 2. The summed E-state index contributed by atoms with van der Waals surface area (Å²) in [4.78, 5) is 41.1. The molecule has 4 aromatic rings. The number of carboxylic acid groups (broad SMARTS) is 1. The van der Waals surface area contributed by atoms with Crippen LogP contribution in [0.25, 0.3) is 27.9 Å². The number of aliphatic carboxylic acids is 1. The molecule has 0 aliphatic carbocycles. The molecule has 1 aliphatic rings. The van der Waals surface area contributed by atoms with Gasteiger partial charge in [-0.3, -0.25) is 4.79 Å². The zero-order valence-electron chi connectivity index (χ0n) is 18.0. The largest absolute Gasteiger partial charge is 0.480 e. The van der Waals surface area contributed by atoms with Gasteiger partial charge in [0.25, 0.3) is 0 Å². The van der Waals surface area contributed by atoms with E-state index in [2.05, 4.69) is 20.4 Å². The zero-order valence-corrected chi connectivity index (χ0v) is 18.0. The monoisotopic (exact) mass is 449 g/mol. The first-order valence-electron chi connectivity index (χ1n) is 10.7. The lowest BCUT2D eigenvalue weighted by Gasteiger charge is -2.34. The molecular formula is C21H23N9O3. The van der Waals surface area contributed by atoms with Gasteiger partial charge in [-0.2, -0.15) is 15.1 Å². The maximum absolute atomic E-state index is 12.1. The van der Waals surface area contributed by atoms with Gasteiger partial charge in [-0.1, -0.05) is 18.2 Å². The van der Waals surface area contributed by atoms with Crippen molar-refractivity contribution in [3.05, 3.63) is 36.8 Å². The number of aromatic nitrogens is 6. The number of anilines is 1. The van der Waals surface area contributed by atoms with Gasteiger partial charge in [-0.15, -0.1) is 0 Å². The van der Waals surface area contributed by atoms with Crippen LogP contribution in [-0.2, 0) is 11.3 Å². The maximum atomic E-state index is 12.1. The second kappa shape index (κ2) is 8.37.